The highest BCUT2D eigenvalue weighted by Crippen LogP contribution is 2.15. The fourth-order valence-corrected chi connectivity index (χ4v) is 4.19. The van der Waals surface area contributed by atoms with Crippen molar-refractivity contribution < 1.29 is 14.3 Å². The Morgan fingerprint density at radius 1 is 1.10 bits per heavy atom. The van der Waals surface area contributed by atoms with E-state index in [2.05, 4.69) is 25.4 Å². The minimum absolute atomic E-state index is 0.0279. The molecule has 4 fully saturated rings. The Balaban J connectivity index is 1.53. The van der Waals surface area contributed by atoms with E-state index in [1.165, 1.54) is 0 Å². The van der Waals surface area contributed by atoms with Crippen LogP contribution in [0.3, 0.4) is 0 Å². The maximum Gasteiger partial charge on any atom is 0.409 e. The van der Waals surface area contributed by atoms with Crippen molar-refractivity contribution in [1.29, 1.82) is 0 Å². The van der Waals surface area contributed by atoms with Crippen molar-refractivity contribution in [3.63, 3.8) is 0 Å². The van der Waals surface area contributed by atoms with Crippen molar-refractivity contribution in [2.45, 2.75) is 31.8 Å². The molecule has 170 valence electrons. The molecule has 1 unspecified atom stereocenters. The molecule has 0 radical (unpaired) electrons. The molecule has 4 saturated heterocycles. The Bertz CT molecular complexity index is 612. The van der Waals surface area contributed by atoms with Crippen molar-refractivity contribution >= 4 is 18.0 Å². The minimum atomic E-state index is -0.240. The lowest BCUT2D eigenvalue weighted by Gasteiger charge is -2.47. The lowest BCUT2D eigenvalue weighted by atomic mass is 10.1. The van der Waals surface area contributed by atoms with Gasteiger partial charge in [-0.05, 0) is 19.8 Å². The summed E-state index contributed by atoms with van der Waals surface area (Å²) in [4.78, 5) is 36.8. The molecule has 10 nitrogen and oxygen atoms in total. The molecule has 2 amide bonds. The normalized spacial score (nSPS) is 27.0. The van der Waals surface area contributed by atoms with Crippen LogP contribution in [-0.4, -0.2) is 129 Å². The Hall–Kier alpha value is -2.07. The lowest BCUT2D eigenvalue weighted by molar-refractivity contribution is -0.127. The maximum atomic E-state index is 12.0. The fourth-order valence-electron chi connectivity index (χ4n) is 4.19. The van der Waals surface area contributed by atoms with E-state index >= 15 is 0 Å². The van der Waals surface area contributed by atoms with Gasteiger partial charge in [-0.15, -0.1) is 0 Å². The van der Waals surface area contributed by atoms with Gasteiger partial charge in [0.05, 0.1) is 6.61 Å². The zero-order valence-corrected chi connectivity index (χ0v) is 18.6. The average molecular weight is 424 g/mol. The zero-order valence-electron chi connectivity index (χ0n) is 18.6. The molecule has 0 aromatic carbocycles. The number of fused-ring (bicyclic) bond motifs is 3. The van der Waals surface area contributed by atoms with E-state index in [-0.39, 0.29) is 24.6 Å². The highest BCUT2D eigenvalue weighted by Gasteiger charge is 2.32. The average Bonchev–Trinajstić information content (AvgIpc) is 2.76. The first-order valence-electron chi connectivity index (χ1n) is 11.1. The minimum Gasteiger partial charge on any atom is -0.450 e. The summed E-state index contributed by atoms with van der Waals surface area (Å²) in [6.07, 6.45) is 1.41. The number of likely N-dealkylation sites (N-methyl/N-ethyl adjacent to an activating group) is 1. The number of piperazine rings is 3. The van der Waals surface area contributed by atoms with Gasteiger partial charge in [0.15, 0.2) is 5.96 Å². The first-order chi connectivity index (χ1) is 14.5. The second-order valence-electron chi connectivity index (χ2n) is 8.43. The van der Waals surface area contributed by atoms with E-state index in [9.17, 15) is 9.59 Å². The van der Waals surface area contributed by atoms with Gasteiger partial charge in [0, 0.05) is 78.5 Å². The summed E-state index contributed by atoms with van der Waals surface area (Å²) in [5, 5.41) is 6.95. The zero-order chi connectivity index (χ0) is 21.5. The molecule has 2 bridgehead atoms. The molecule has 0 spiro atoms. The van der Waals surface area contributed by atoms with Crippen molar-refractivity contribution in [2.24, 2.45) is 4.99 Å². The predicted octanol–water partition coefficient (Wildman–Crippen LogP) is -0.769. The fraction of sp³-hybridized carbons (Fsp3) is 0.850. The van der Waals surface area contributed by atoms with Gasteiger partial charge in [0.1, 0.15) is 6.54 Å². The number of nitrogens with one attached hydrogen (secondary N) is 2. The molecule has 4 heterocycles. The van der Waals surface area contributed by atoms with Crippen LogP contribution in [0.2, 0.25) is 0 Å². The van der Waals surface area contributed by atoms with Crippen LogP contribution in [0.15, 0.2) is 4.99 Å². The van der Waals surface area contributed by atoms with Gasteiger partial charge in [-0.3, -0.25) is 14.6 Å². The molecule has 4 aliphatic heterocycles. The third-order valence-electron chi connectivity index (χ3n) is 6.13. The van der Waals surface area contributed by atoms with Crippen LogP contribution in [-0.2, 0) is 9.53 Å². The number of amides is 2. The van der Waals surface area contributed by atoms with Crippen LogP contribution < -0.4 is 10.6 Å². The molecule has 10 heteroatoms. The quantitative estimate of drug-likeness (QED) is 0.428. The predicted molar refractivity (Wildman–Crippen MR) is 116 cm³/mol. The van der Waals surface area contributed by atoms with Crippen molar-refractivity contribution in [2.75, 3.05) is 79.6 Å². The summed E-state index contributed by atoms with van der Waals surface area (Å²) in [6, 6.07) is 0.679. The molecule has 0 aromatic rings. The Labute approximate surface area is 179 Å². The van der Waals surface area contributed by atoms with E-state index in [1.54, 1.807) is 23.9 Å². The number of aliphatic imine (C=N–C) groups is 1. The summed E-state index contributed by atoms with van der Waals surface area (Å²) in [5.41, 5.74) is 0. The lowest BCUT2D eigenvalue weighted by Crippen LogP contribution is -2.64. The molecular weight excluding hydrogens is 386 g/mol. The summed E-state index contributed by atoms with van der Waals surface area (Å²) < 4.78 is 5.09. The van der Waals surface area contributed by atoms with Crippen LogP contribution in [0.1, 0.15) is 19.8 Å². The van der Waals surface area contributed by atoms with Crippen LogP contribution in [0.25, 0.3) is 0 Å². The van der Waals surface area contributed by atoms with E-state index < -0.39 is 0 Å². The van der Waals surface area contributed by atoms with Crippen LogP contribution in [0, 0.1) is 0 Å². The molecule has 4 rings (SSSR count). The Morgan fingerprint density at radius 2 is 1.80 bits per heavy atom. The number of hydrogen-bond acceptors (Lipinski definition) is 6. The number of rotatable bonds is 6. The number of guanidine groups is 1. The monoisotopic (exact) mass is 423 g/mol. The van der Waals surface area contributed by atoms with Crippen molar-refractivity contribution in [1.82, 2.24) is 30.2 Å². The van der Waals surface area contributed by atoms with E-state index in [0.29, 0.717) is 31.7 Å². The topological polar surface area (TPSA) is 92.7 Å². The standard InChI is InChI=1S/C20H37N7O3/c1-4-30-20(29)27-7-5-16(6-8-27)23-19(22-14-18(28)24(2)3)21-13-17-15-25-9-11-26(17)12-10-25/h16-17H,4-15H2,1-3H3,(H2,21,22,23). The molecule has 1 atom stereocenters. The number of ether oxygens (including phenoxy) is 1. The van der Waals surface area contributed by atoms with Crippen molar-refractivity contribution in [3.05, 3.63) is 0 Å². The van der Waals surface area contributed by atoms with Gasteiger partial charge < -0.3 is 25.2 Å². The second kappa shape index (κ2) is 10.8. The van der Waals surface area contributed by atoms with Gasteiger partial charge in [-0.2, -0.15) is 0 Å². The molecule has 30 heavy (non-hydrogen) atoms. The summed E-state index contributed by atoms with van der Waals surface area (Å²) in [6.45, 7) is 10.1. The number of nitrogens with zero attached hydrogens (tertiary/aromatic N) is 5. The van der Waals surface area contributed by atoms with Crippen LogP contribution >= 0.6 is 0 Å². The number of hydrogen-bond donors (Lipinski definition) is 2. The Morgan fingerprint density at radius 3 is 2.37 bits per heavy atom. The number of carbonyl (C=O) groups excluding carboxylic acids is 2. The molecule has 0 aliphatic carbocycles. The van der Waals surface area contributed by atoms with E-state index in [1.807, 2.05) is 6.92 Å². The first-order valence-corrected chi connectivity index (χ1v) is 11.1. The second-order valence-corrected chi connectivity index (χ2v) is 8.43. The van der Waals surface area contributed by atoms with E-state index in [4.69, 9.17) is 4.74 Å². The molecule has 2 N–H and O–H groups in total. The largest absolute Gasteiger partial charge is 0.450 e. The van der Waals surface area contributed by atoms with Gasteiger partial charge in [-0.1, -0.05) is 0 Å². The third-order valence-corrected chi connectivity index (χ3v) is 6.13. The van der Waals surface area contributed by atoms with Gasteiger partial charge in [0.2, 0.25) is 5.91 Å². The van der Waals surface area contributed by atoms with Gasteiger partial charge in [0.25, 0.3) is 0 Å². The highest BCUT2D eigenvalue weighted by atomic mass is 16.6. The maximum absolute atomic E-state index is 12.0. The third kappa shape index (κ3) is 6.21. The highest BCUT2D eigenvalue weighted by molar-refractivity contribution is 5.85. The number of carbonyl (C=O) groups is 2. The summed E-state index contributed by atoms with van der Waals surface area (Å²) >= 11 is 0. The summed E-state index contributed by atoms with van der Waals surface area (Å²) in [5.74, 6) is 0.650. The van der Waals surface area contributed by atoms with Gasteiger partial charge in [-0.25, -0.2) is 9.79 Å². The van der Waals surface area contributed by atoms with Crippen molar-refractivity contribution in [3.8, 4) is 0 Å². The molecule has 0 saturated carbocycles. The number of piperidine rings is 1. The van der Waals surface area contributed by atoms with Crippen LogP contribution in [0.5, 0.6) is 0 Å². The Kier molecular flexibility index (Phi) is 8.15. The summed E-state index contributed by atoms with van der Waals surface area (Å²) in [7, 11) is 3.48. The first kappa shape index (κ1) is 22.6. The van der Waals surface area contributed by atoms with Crippen LogP contribution in [0.4, 0.5) is 4.79 Å². The molecular formula is C20H37N7O3. The smallest absolute Gasteiger partial charge is 0.409 e. The molecule has 4 aliphatic rings. The number of likely N-dealkylation sites (tertiary alicyclic amines) is 1. The molecule has 0 aromatic heterocycles. The van der Waals surface area contributed by atoms with E-state index in [0.717, 1.165) is 52.1 Å². The SMILES string of the molecule is CCOC(=O)N1CCC(NC(=NCC(=O)N(C)C)NCC2CN3CCN2CC3)CC1. The van der Waals surface area contributed by atoms with Gasteiger partial charge >= 0.3 is 6.09 Å².